The van der Waals surface area contributed by atoms with E-state index in [9.17, 15) is 4.79 Å². The highest BCUT2D eigenvalue weighted by Gasteiger charge is 2.15. The minimum atomic E-state index is -0.219. The minimum Gasteiger partial charge on any atom is -0.497 e. The zero-order valence-electron chi connectivity index (χ0n) is 24.4. The molecule has 9 heteroatoms. The average molecular weight is 590 g/mol. The maximum absolute atomic E-state index is 13.4. The quantitative estimate of drug-likeness (QED) is 0.204. The van der Waals surface area contributed by atoms with Crippen LogP contribution in [0.3, 0.4) is 0 Å². The van der Waals surface area contributed by atoms with Gasteiger partial charge in [-0.1, -0.05) is 61.6 Å². The molecule has 0 aliphatic rings. The Labute approximate surface area is 253 Å². The van der Waals surface area contributed by atoms with Gasteiger partial charge in [-0.3, -0.25) is 4.79 Å². The molecule has 0 spiro atoms. The molecule has 216 valence electrons. The summed E-state index contributed by atoms with van der Waals surface area (Å²) in [7, 11) is 1.64. The van der Waals surface area contributed by atoms with Crippen molar-refractivity contribution in [3.63, 3.8) is 0 Å². The van der Waals surface area contributed by atoms with Gasteiger partial charge in [-0.2, -0.15) is 14.6 Å². The number of ether oxygens (including phenoxy) is 2. The van der Waals surface area contributed by atoms with Crippen LogP contribution < -0.4 is 19.6 Å². The molecule has 3 heterocycles. The van der Waals surface area contributed by atoms with Crippen LogP contribution in [0.5, 0.6) is 11.5 Å². The molecular weight excluding hydrogens is 558 g/mol. The Bertz CT molecular complexity index is 2020. The number of hydrogen-bond acceptors (Lipinski definition) is 7. The number of para-hydroxylation sites is 1. The van der Waals surface area contributed by atoms with E-state index < -0.39 is 0 Å². The second-order valence-corrected chi connectivity index (χ2v) is 11.6. The fourth-order valence-electron chi connectivity index (χ4n) is 4.59. The van der Waals surface area contributed by atoms with Crippen LogP contribution in [-0.2, 0) is 0 Å². The van der Waals surface area contributed by atoms with Crippen LogP contribution in [0.2, 0.25) is 0 Å². The van der Waals surface area contributed by atoms with Gasteiger partial charge in [-0.25, -0.2) is 4.68 Å². The lowest BCUT2D eigenvalue weighted by molar-refractivity contribution is 0.269. The number of benzene rings is 3. The highest BCUT2D eigenvalue weighted by Crippen LogP contribution is 2.29. The SMILES string of the molecule is COc1ccc(/C=C/c2nc3s/c(=C\c4cn(-c5ccccc5)nc4-c4ccc(OCC(C)C)c(C)c4)c(=O)n3n2)cc1. The van der Waals surface area contributed by atoms with Crippen molar-refractivity contribution in [1.29, 1.82) is 0 Å². The van der Waals surface area contributed by atoms with Crippen LogP contribution in [-0.4, -0.2) is 38.1 Å². The summed E-state index contributed by atoms with van der Waals surface area (Å²) >= 11 is 1.30. The number of aromatic nitrogens is 5. The van der Waals surface area contributed by atoms with E-state index >= 15 is 0 Å². The van der Waals surface area contributed by atoms with E-state index in [1.807, 2.05) is 96.7 Å². The molecule has 0 unspecified atom stereocenters. The lowest BCUT2D eigenvalue weighted by atomic mass is 10.0. The van der Waals surface area contributed by atoms with Crippen molar-refractivity contribution in [3.8, 4) is 28.4 Å². The second-order valence-electron chi connectivity index (χ2n) is 10.6. The topological polar surface area (TPSA) is 83.5 Å². The number of aryl methyl sites for hydroxylation is 1. The summed E-state index contributed by atoms with van der Waals surface area (Å²) in [6, 6.07) is 23.7. The fraction of sp³-hybridized carbons (Fsp3) is 0.176. The number of nitrogens with zero attached hydrogens (tertiary/aromatic N) is 5. The van der Waals surface area contributed by atoms with Crippen LogP contribution >= 0.6 is 11.3 Å². The lowest BCUT2D eigenvalue weighted by Gasteiger charge is -2.12. The van der Waals surface area contributed by atoms with E-state index in [2.05, 4.69) is 30.0 Å². The molecule has 43 heavy (non-hydrogen) atoms. The van der Waals surface area contributed by atoms with Crippen LogP contribution in [0.4, 0.5) is 0 Å². The summed E-state index contributed by atoms with van der Waals surface area (Å²) in [6.07, 6.45) is 7.52. The van der Waals surface area contributed by atoms with Gasteiger partial charge in [0.25, 0.3) is 5.56 Å². The molecule has 0 aliphatic carbocycles. The zero-order valence-corrected chi connectivity index (χ0v) is 25.2. The molecule has 6 aromatic rings. The normalized spacial score (nSPS) is 12.2. The number of rotatable bonds is 9. The Balaban J connectivity index is 1.36. The Morgan fingerprint density at radius 3 is 2.47 bits per heavy atom. The molecule has 3 aromatic heterocycles. The van der Waals surface area contributed by atoms with Crippen molar-refractivity contribution < 1.29 is 9.47 Å². The third-order valence-electron chi connectivity index (χ3n) is 6.81. The molecule has 0 amide bonds. The molecule has 3 aromatic carbocycles. The van der Waals surface area contributed by atoms with Gasteiger partial charge in [0.15, 0.2) is 5.82 Å². The largest absolute Gasteiger partial charge is 0.497 e. The van der Waals surface area contributed by atoms with E-state index in [1.54, 1.807) is 13.2 Å². The van der Waals surface area contributed by atoms with E-state index in [1.165, 1.54) is 15.9 Å². The summed E-state index contributed by atoms with van der Waals surface area (Å²) in [5.41, 5.74) is 5.24. The van der Waals surface area contributed by atoms with E-state index in [-0.39, 0.29) is 5.56 Å². The van der Waals surface area contributed by atoms with Gasteiger partial charge in [0.1, 0.15) is 17.2 Å². The Kier molecular flexibility index (Phi) is 7.89. The summed E-state index contributed by atoms with van der Waals surface area (Å²) in [5.74, 6) is 2.55. The third-order valence-corrected chi connectivity index (χ3v) is 7.77. The van der Waals surface area contributed by atoms with Gasteiger partial charge in [-0.05, 0) is 78.6 Å². The van der Waals surface area contributed by atoms with E-state index in [0.29, 0.717) is 27.8 Å². The highest BCUT2D eigenvalue weighted by atomic mass is 32.1. The van der Waals surface area contributed by atoms with Gasteiger partial charge < -0.3 is 9.47 Å². The first kappa shape index (κ1) is 28.1. The molecule has 0 N–H and O–H groups in total. The molecule has 0 radical (unpaired) electrons. The Morgan fingerprint density at radius 2 is 1.77 bits per heavy atom. The van der Waals surface area contributed by atoms with Gasteiger partial charge in [0, 0.05) is 17.3 Å². The first-order valence-electron chi connectivity index (χ1n) is 14.0. The predicted octanol–water partition coefficient (Wildman–Crippen LogP) is 6.07. The summed E-state index contributed by atoms with van der Waals surface area (Å²) in [4.78, 5) is 18.5. The maximum atomic E-state index is 13.4. The molecule has 0 aliphatic heterocycles. The number of methoxy groups -OCH3 is 1. The predicted molar refractivity (Wildman–Crippen MR) is 172 cm³/mol. The third kappa shape index (κ3) is 6.12. The van der Waals surface area contributed by atoms with E-state index in [0.717, 1.165) is 45.1 Å². The molecule has 6 rings (SSSR count). The average Bonchev–Trinajstić information content (AvgIpc) is 3.70. The molecular formula is C34H31N5O3S. The van der Waals surface area contributed by atoms with Crippen LogP contribution in [0, 0.1) is 12.8 Å². The van der Waals surface area contributed by atoms with Gasteiger partial charge >= 0.3 is 0 Å². The lowest BCUT2D eigenvalue weighted by Crippen LogP contribution is -2.23. The molecule has 0 bridgehead atoms. The first-order chi connectivity index (χ1) is 20.9. The Morgan fingerprint density at radius 1 is 0.977 bits per heavy atom. The van der Waals surface area contributed by atoms with E-state index in [4.69, 9.17) is 14.6 Å². The summed E-state index contributed by atoms with van der Waals surface area (Å²) in [6.45, 7) is 6.95. The number of thiazole rings is 1. The van der Waals surface area contributed by atoms with Crippen molar-refractivity contribution in [2.24, 2.45) is 5.92 Å². The molecule has 8 nitrogen and oxygen atoms in total. The summed E-state index contributed by atoms with van der Waals surface area (Å²) < 4.78 is 14.9. The number of fused-ring (bicyclic) bond motifs is 1. The molecule has 0 atom stereocenters. The standard InChI is InChI=1S/C34H31N5O3S/c1-22(2)21-42-29-16-13-25(18-23(29)3)32-26(20-38(37-32)27-8-6-5-7-9-27)19-30-33(40)39-34(43-30)35-31(36-39)17-12-24-10-14-28(41-4)15-11-24/h5-20,22H,21H2,1-4H3/b17-12+,30-19-. The van der Waals surface area contributed by atoms with Crippen molar-refractivity contribution in [2.75, 3.05) is 13.7 Å². The smallest absolute Gasteiger partial charge is 0.291 e. The number of hydrogen-bond donors (Lipinski definition) is 0. The fourth-order valence-corrected chi connectivity index (χ4v) is 5.50. The Hall–Kier alpha value is -5.02. The van der Waals surface area contributed by atoms with Gasteiger partial charge in [-0.15, -0.1) is 5.10 Å². The molecule has 0 saturated carbocycles. The van der Waals surface area contributed by atoms with Crippen molar-refractivity contribution >= 4 is 34.5 Å². The van der Waals surface area contributed by atoms with Crippen LogP contribution in [0.15, 0.2) is 83.8 Å². The van der Waals surface area contributed by atoms with Crippen LogP contribution in [0.25, 0.3) is 40.1 Å². The minimum absolute atomic E-state index is 0.219. The van der Waals surface area contributed by atoms with Crippen molar-refractivity contribution in [3.05, 3.63) is 116 Å². The summed E-state index contributed by atoms with van der Waals surface area (Å²) in [5, 5.41) is 9.38. The monoisotopic (exact) mass is 589 g/mol. The molecule has 0 saturated heterocycles. The zero-order chi connectivity index (χ0) is 29.9. The maximum Gasteiger partial charge on any atom is 0.291 e. The van der Waals surface area contributed by atoms with Crippen molar-refractivity contribution in [2.45, 2.75) is 20.8 Å². The second kappa shape index (κ2) is 12.1. The van der Waals surface area contributed by atoms with Gasteiger partial charge in [0.2, 0.25) is 4.96 Å². The first-order valence-corrected chi connectivity index (χ1v) is 14.8. The highest BCUT2D eigenvalue weighted by molar-refractivity contribution is 7.15. The van der Waals surface area contributed by atoms with Gasteiger partial charge in [0.05, 0.1) is 23.9 Å². The van der Waals surface area contributed by atoms with Crippen LogP contribution in [0.1, 0.15) is 36.4 Å². The van der Waals surface area contributed by atoms with Crippen molar-refractivity contribution in [1.82, 2.24) is 24.4 Å². The molecule has 0 fully saturated rings.